The standard InChI is InChI=1S/C27H28N2O4S.ClH/c1-17(19-7-11-22(32-2)12-8-19)28-25(20-9-13-23(33-3)14-10-20)21-6-4-5-18(15-21)16-24-26(30)29-27(31)34-24;/h4-15,17,24-25,28H,16H2,1-3H3,(H,29,30,31);1H. The van der Waals surface area contributed by atoms with Crippen molar-refractivity contribution in [3.8, 4) is 11.5 Å². The molecule has 6 nitrogen and oxygen atoms in total. The second-order valence-electron chi connectivity index (χ2n) is 8.20. The van der Waals surface area contributed by atoms with Gasteiger partial charge in [0.25, 0.3) is 5.24 Å². The van der Waals surface area contributed by atoms with Crippen LogP contribution < -0.4 is 20.1 Å². The van der Waals surface area contributed by atoms with Crippen LogP contribution in [0.5, 0.6) is 11.5 Å². The smallest absolute Gasteiger partial charge is 0.286 e. The SMILES string of the molecule is COc1ccc(C(C)NC(c2ccc(OC)cc2)c2cccc(CC3SC(=O)NC3=O)c2)cc1.Cl. The molecule has 8 heteroatoms. The van der Waals surface area contributed by atoms with Gasteiger partial charge >= 0.3 is 0 Å². The minimum atomic E-state index is -0.395. The van der Waals surface area contributed by atoms with Crippen LogP contribution in [-0.2, 0) is 11.2 Å². The Hall–Kier alpha value is -3.00. The van der Waals surface area contributed by atoms with Crippen LogP contribution in [0.15, 0.2) is 72.8 Å². The highest BCUT2D eigenvalue weighted by atomic mass is 35.5. The zero-order valence-electron chi connectivity index (χ0n) is 19.8. The van der Waals surface area contributed by atoms with E-state index in [0.717, 1.165) is 45.5 Å². The van der Waals surface area contributed by atoms with Gasteiger partial charge in [-0.1, -0.05) is 60.3 Å². The molecule has 0 aromatic heterocycles. The Labute approximate surface area is 216 Å². The van der Waals surface area contributed by atoms with E-state index in [-0.39, 0.29) is 35.6 Å². The first-order valence-corrected chi connectivity index (χ1v) is 12.0. The molecule has 2 amide bonds. The average Bonchev–Trinajstić information content (AvgIpc) is 3.18. The van der Waals surface area contributed by atoms with Gasteiger partial charge in [0.1, 0.15) is 11.5 Å². The molecule has 2 N–H and O–H groups in total. The normalized spacial score (nSPS) is 16.7. The third-order valence-corrected chi connectivity index (χ3v) is 6.94. The fourth-order valence-electron chi connectivity index (χ4n) is 4.06. The molecule has 3 aromatic carbocycles. The molecule has 0 aliphatic carbocycles. The third kappa shape index (κ3) is 6.57. The largest absolute Gasteiger partial charge is 0.497 e. The van der Waals surface area contributed by atoms with Gasteiger partial charge in [0.15, 0.2) is 0 Å². The summed E-state index contributed by atoms with van der Waals surface area (Å²) in [6, 6.07) is 24.2. The summed E-state index contributed by atoms with van der Waals surface area (Å²) in [5.41, 5.74) is 4.34. The maximum Gasteiger partial charge on any atom is 0.286 e. The number of nitrogens with one attached hydrogen (secondary N) is 2. The van der Waals surface area contributed by atoms with Crippen LogP contribution in [0.4, 0.5) is 4.79 Å². The first kappa shape index (κ1) is 26.6. The van der Waals surface area contributed by atoms with Crippen molar-refractivity contribution in [1.29, 1.82) is 0 Å². The maximum atomic E-state index is 12.1. The van der Waals surface area contributed by atoms with Gasteiger partial charge < -0.3 is 9.47 Å². The van der Waals surface area contributed by atoms with Crippen molar-refractivity contribution in [2.24, 2.45) is 0 Å². The zero-order valence-corrected chi connectivity index (χ0v) is 21.4. The average molecular weight is 513 g/mol. The molecule has 0 bridgehead atoms. The number of methoxy groups -OCH3 is 2. The monoisotopic (exact) mass is 512 g/mol. The number of imide groups is 1. The highest BCUT2D eigenvalue weighted by Crippen LogP contribution is 2.30. The van der Waals surface area contributed by atoms with Crippen molar-refractivity contribution < 1.29 is 19.1 Å². The topological polar surface area (TPSA) is 76.7 Å². The molecule has 3 unspecified atom stereocenters. The van der Waals surface area contributed by atoms with Crippen LogP contribution in [0.1, 0.15) is 41.3 Å². The number of carbonyl (C=O) groups excluding carboxylic acids is 2. The maximum absolute atomic E-state index is 12.1. The molecule has 1 aliphatic heterocycles. The second kappa shape index (κ2) is 12.1. The van der Waals surface area contributed by atoms with Crippen molar-refractivity contribution in [2.45, 2.75) is 30.7 Å². The van der Waals surface area contributed by atoms with Crippen LogP contribution >= 0.6 is 24.2 Å². The van der Waals surface area contributed by atoms with E-state index in [1.54, 1.807) is 14.2 Å². The number of hydrogen-bond donors (Lipinski definition) is 2. The Morgan fingerprint density at radius 2 is 1.49 bits per heavy atom. The van der Waals surface area contributed by atoms with E-state index in [1.165, 1.54) is 0 Å². The molecule has 1 heterocycles. The van der Waals surface area contributed by atoms with E-state index in [4.69, 9.17) is 9.47 Å². The van der Waals surface area contributed by atoms with E-state index in [1.807, 2.05) is 36.4 Å². The van der Waals surface area contributed by atoms with Gasteiger partial charge in [-0.3, -0.25) is 20.2 Å². The van der Waals surface area contributed by atoms with Gasteiger partial charge in [-0.2, -0.15) is 0 Å². The summed E-state index contributed by atoms with van der Waals surface area (Å²) in [5.74, 6) is 1.40. The predicted molar refractivity (Wildman–Crippen MR) is 142 cm³/mol. The molecule has 1 aliphatic rings. The van der Waals surface area contributed by atoms with E-state index >= 15 is 0 Å². The van der Waals surface area contributed by atoms with Crippen LogP contribution in [0.2, 0.25) is 0 Å². The van der Waals surface area contributed by atoms with Crippen molar-refractivity contribution >= 4 is 35.3 Å². The molecular weight excluding hydrogens is 484 g/mol. The van der Waals surface area contributed by atoms with Gasteiger partial charge in [-0.15, -0.1) is 12.4 Å². The second-order valence-corrected chi connectivity index (χ2v) is 9.38. The molecule has 0 radical (unpaired) electrons. The first-order chi connectivity index (χ1) is 16.5. The zero-order chi connectivity index (χ0) is 24.1. The fourth-order valence-corrected chi connectivity index (χ4v) is 4.92. The van der Waals surface area contributed by atoms with Crippen LogP contribution in [-0.4, -0.2) is 30.6 Å². The summed E-state index contributed by atoms with van der Waals surface area (Å²) in [6.07, 6.45) is 0.499. The Kier molecular flexibility index (Phi) is 9.20. The Morgan fingerprint density at radius 3 is 2.03 bits per heavy atom. The number of thioether (sulfide) groups is 1. The predicted octanol–water partition coefficient (Wildman–Crippen LogP) is 5.46. The van der Waals surface area contributed by atoms with Gasteiger partial charge in [0.05, 0.1) is 25.5 Å². The van der Waals surface area contributed by atoms with Crippen molar-refractivity contribution in [3.05, 3.63) is 95.1 Å². The number of halogens is 1. The van der Waals surface area contributed by atoms with E-state index < -0.39 is 5.25 Å². The number of hydrogen-bond acceptors (Lipinski definition) is 6. The molecule has 35 heavy (non-hydrogen) atoms. The van der Waals surface area contributed by atoms with Gasteiger partial charge in [0.2, 0.25) is 5.91 Å². The Morgan fingerprint density at radius 1 is 0.886 bits per heavy atom. The molecule has 3 aromatic rings. The minimum Gasteiger partial charge on any atom is -0.497 e. The number of carbonyl (C=O) groups is 2. The molecular formula is C27H29ClN2O4S. The lowest BCUT2D eigenvalue weighted by Crippen LogP contribution is -2.26. The van der Waals surface area contributed by atoms with Gasteiger partial charge in [-0.05, 0) is 59.9 Å². The minimum absolute atomic E-state index is 0. The van der Waals surface area contributed by atoms with Crippen LogP contribution in [0, 0.1) is 0 Å². The van der Waals surface area contributed by atoms with Crippen molar-refractivity contribution in [2.75, 3.05) is 14.2 Å². The number of rotatable bonds is 9. The summed E-state index contributed by atoms with van der Waals surface area (Å²) in [4.78, 5) is 23.6. The lowest BCUT2D eigenvalue weighted by atomic mass is 9.94. The number of amides is 2. The molecule has 1 saturated heterocycles. The van der Waals surface area contributed by atoms with Crippen molar-refractivity contribution in [1.82, 2.24) is 10.6 Å². The van der Waals surface area contributed by atoms with Crippen molar-refractivity contribution in [3.63, 3.8) is 0 Å². The first-order valence-electron chi connectivity index (χ1n) is 11.1. The Bertz CT molecular complexity index is 1150. The summed E-state index contributed by atoms with van der Waals surface area (Å²) >= 11 is 1.05. The highest BCUT2D eigenvalue weighted by Gasteiger charge is 2.31. The number of benzene rings is 3. The van der Waals surface area contributed by atoms with Gasteiger partial charge in [0, 0.05) is 6.04 Å². The molecule has 1 fully saturated rings. The summed E-state index contributed by atoms with van der Waals surface area (Å²) in [5, 5.41) is 5.45. The quantitative estimate of drug-likeness (QED) is 0.396. The number of ether oxygens (including phenoxy) is 2. The summed E-state index contributed by atoms with van der Waals surface area (Å²) < 4.78 is 10.6. The molecule has 3 atom stereocenters. The van der Waals surface area contributed by atoms with E-state index in [9.17, 15) is 9.59 Å². The van der Waals surface area contributed by atoms with E-state index in [0.29, 0.717) is 6.42 Å². The third-order valence-electron chi connectivity index (χ3n) is 5.95. The molecule has 184 valence electrons. The lowest BCUT2D eigenvalue weighted by molar-refractivity contribution is -0.118. The Balaban J connectivity index is 0.00000342. The molecule has 0 saturated carbocycles. The van der Waals surface area contributed by atoms with E-state index in [2.05, 4.69) is 54.0 Å². The molecule has 0 spiro atoms. The van der Waals surface area contributed by atoms with Gasteiger partial charge in [-0.25, -0.2) is 0 Å². The fraction of sp³-hybridized carbons (Fsp3) is 0.259. The lowest BCUT2D eigenvalue weighted by Gasteiger charge is -2.25. The van der Waals surface area contributed by atoms with Crippen LogP contribution in [0.25, 0.3) is 0 Å². The molecule has 4 rings (SSSR count). The summed E-state index contributed by atoms with van der Waals surface area (Å²) in [7, 11) is 3.31. The highest BCUT2D eigenvalue weighted by molar-refractivity contribution is 8.15. The van der Waals surface area contributed by atoms with Crippen LogP contribution in [0.3, 0.4) is 0 Å². The summed E-state index contributed by atoms with van der Waals surface area (Å²) in [6.45, 7) is 2.13.